The molecule has 2 aromatic rings. The summed E-state index contributed by atoms with van der Waals surface area (Å²) >= 11 is 0. The summed E-state index contributed by atoms with van der Waals surface area (Å²) in [6.07, 6.45) is 0. The first-order chi connectivity index (χ1) is 10.1. The fourth-order valence-electron chi connectivity index (χ4n) is 2.17. The van der Waals surface area contributed by atoms with Gasteiger partial charge in [-0.3, -0.25) is 9.69 Å². The molecule has 1 aromatic heterocycles. The van der Waals surface area contributed by atoms with Crippen molar-refractivity contribution in [3.05, 3.63) is 36.2 Å². The second-order valence-corrected chi connectivity index (χ2v) is 5.30. The van der Waals surface area contributed by atoms with Gasteiger partial charge in [0.15, 0.2) is 5.82 Å². The molecule has 2 rings (SSSR count). The first kappa shape index (κ1) is 15.1. The van der Waals surface area contributed by atoms with Crippen LogP contribution in [0.15, 0.2) is 30.3 Å². The zero-order valence-corrected chi connectivity index (χ0v) is 12.2. The van der Waals surface area contributed by atoms with Crippen molar-refractivity contribution in [3.63, 3.8) is 0 Å². The number of carbonyl (C=O) groups is 1. The molecule has 0 unspecified atom stereocenters. The Bertz CT molecular complexity index is 582. The van der Waals surface area contributed by atoms with Gasteiger partial charge in [0.05, 0.1) is 18.8 Å². The van der Waals surface area contributed by atoms with Crippen LogP contribution >= 0.6 is 0 Å². The van der Waals surface area contributed by atoms with E-state index in [1.54, 1.807) is 4.68 Å². The Kier molecular flexibility index (Phi) is 4.99. The van der Waals surface area contributed by atoms with E-state index in [9.17, 15) is 4.79 Å². The van der Waals surface area contributed by atoms with Crippen LogP contribution in [0.4, 0.5) is 0 Å². The summed E-state index contributed by atoms with van der Waals surface area (Å²) in [7, 11) is 0. The molecule has 0 bridgehead atoms. The molecule has 7 nitrogen and oxygen atoms in total. The lowest BCUT2D eigenvalue weighted by molar-refractivity contribution is -0.138. The maximum Gasteiger partial charge on any atom is 0.317 e. The largest absolute Gasteiger partial charge is 0.480 e. The van der Waals surface area contributed by atoms with Crippen molar-refractivity contribution < 1.29 is 9.90 Å². The van der Waals surface area contributed by atoms with Crippen LogP contribution in [-0.4, -0.2) is 49.3 Å². The fraction of sp³-hybridized carbons (Fsp3) is 0.429. The number of aromatic nitrogens is 4. The van der Waals surface area contributed by atoms with Gasteiger partial charge in [0.2, 0.25) is 0 Å². The molecule has 1 aromatic carbocycles. The van der Waals surface area contributed by atoms with Gasteiger partial charge in [-0.2, -0.15) is 4.68 Å². The summed E-state index contributed by atoms with van der Waals surface area (Å²) in [6, 6.07) is 9.55. The Labute approximate surface area is 123 Å². The van der Waals surface area contributed by atoms with E-state index in [1.807, 2.05) is 35.2 Å². The van der Waals surface area contributed by atoms with Crippen molar-refractivity contribution in [2.45, 2.75) is 20.4 Å². The van der Waals surface area contributed by atoms with E-state index < -0.39 is 5.97 Å². The van der Waals surface area contributed by atoms with Gasteiger partial charge < -0.3 is 5.11 Å². The molecule has 1 heterocycles. The maximum absolute atomic E-state index is 11.0. The smallest absolute Gasteiger partial charge is 0.317 e. The summed E-state index contributed by atoms with van der Waals surface area (Å²) < 4.78 is 1.63. The molecule has 0 radical (unpaired) electrons. The molecule has 0 aliphatic carbocycles. The van der Waals surface area contributed by atoms with E-state index in [-0.39, 0.29) is 6.54 Å². The quantitative estimate of drug-likeness (QED) is 0.824. The van der Waals surface area contributed by atoms with Crippen molar-refractivity contribution in [2.24, 2.45) is 5.92 Å². The van der Waals surface area contributed by atoms with Crippen molar-refractivity contribution in [1.29, 1.82) is 0 Å². The van der Waals surface area contributed by atoms with Crippen LogP contribution in [0.3, 0.4) is 0 Å². The highest BCUT2D eigenvalue weighted by Crippen LogP contribution is 2.10. The molecule has 7 heteroatoms. The van der Waals surface area contributed by atoms with Crippen LogP contribution in [0.1, 0.15) is 19.7 Å². The van der Waals surface area contributed by atoms with Gasteiger partial charge in [-0.05, 0) is 28.5 Å². The molecule has 0 atom stereocenters. The number of para-hydroxylation sites is 1. The average molecular weight is 289 g/mol. The highest BCUT2D eigenvalue weighted by atomic mass is 16.4. The molecule has 0 aliphatic heterocycles. The lowest BCUT2D eigenvalue weighted by Gasteiger charge is -2.21. The van der Waals surface area contributed by atoms with Crippen LogP contribution in [-0.2, 0) is 11.3 Å². The van der Waals surface area contributed by atoms with Crippen LogP contribution < -0.4 is 0 Å². The minimum Gasteiger partial charge on any atom is -0.480 e. The number of nitrogens with zero attached hydrogens (tertiary/aromatic N) is 5. The Balaban J connectivity index is 2.18. The second kappa shape index (κ2) is 6.94. The summed E-state index contributed by atoms with van der Waals surface area (Å²) in [5.74, 6) is 0.142. The maximum atomic E-state index is 11.0. The third-order valence-corrected chi connectivity index (χ3v) is 2.88. The number of carboxylic acids is 1. The third kappa shape index (κ3) is 4.35. The van der Waals surface area contributed by atoms with Gasteiger partial charge in [0.1, 0.15) is 0 Å². The predicted molar refractivity (Wildman–Crippen MR) is 76.9 cm³/mol. The molecule has 0 fully saturated rings. The zero-order chi connectivity index (χ0) is 15.2. The number of carboxylic acid groups (broad SMARTS) is 1. The number of tetrazole rings is 1. The van der Waals surface area contributed by atoms with Crippen molar-refractivity contribution in [1.82, 2.24) is 25.1 Å². The molecular formula is C14H19N5O2. The minimum atomic E-state index is -0.852. The first-order valence-electron chi connectivity index (χ1n) is 6.83. The molecule has 1 N–H and O–H groups in total. The van der Waals surface area contributed by atoms with Gasteiger partial charge in [-0.25, -0.2) is 0 Å². The van der Waals surface area contributed by atoms with Gasteiger partial charge in [0, 0.05) is 6.54 Å². The molecule has 21 heavy (non-hydrogen) atoms. The highest BCUT2D eigenvalue weighted by Gasteiger charge is 2.16. The number of benzene rings is 1. The van der Waals surface area contributed by atoms with Gasteiger partial charge >= 0.3 is 5.97 Å². The molecule has 0 spiro atoms. The predicted octanol–water partition coefficient (Wildman–Crippen LogP) is 1.20. The number of hydrogen-bond donors (Lipinski definition) is 1. The van der Waals surface area contributed by atoms with Crippen LogP contribution in [0, 0.1) is 5.92 Å². The lowest BCUT2D eigenvalue weighted by Crippen LogP contribution is -2.33. The standard InChI is InChI=1S/C14H19N5O2/c1-11(2)8-18(10-14(20)21)9-13-15-16-17-19(13)12-6-4-3-5-7-12/h3-7,11H,8-10H2,1-2H3,(H,20,21). The normalized spacial score (nSPS) is 11.2. The average Bonchev–Trinajstić information content (AvgIpc) is 2.86. The van der Waals surface area contributed by atoms with Crippen LogP contribution in [0.25, 0.3) is 5.69 Å². The Morgan fingerprint density at radius 1 is 1.33 bits per heavy atom. The molecule has 0 saturated heterocycles. The van der Waals surface area contributed by atoms with Gasteiger partial charge in [0.25, 0.3) is 0 Å². The van der Waals surface area contributed by atoms with Crippen molar-refractivity contribution in [2.75, 3.05) is 13.1 Å². The van der Waals surface area contributed by atoms with Crippen LogP contribution in [0.5, 0.6) is 0 Å². The number of rotatable bonds is 7. The molecule has 112 valence electrons. The van der Waals surface area contributed by atoms with E-state index in [0.29, 0.717) is 24.8 Å². The zero-order valence-electron chi connectivity index (χ0n) is 12.2. The van der Waals surface area contributed by atoms with Gasteiger partial charge in [-0.15, -0.1) is 5.10 Å². The Hall–Kier alpha value is -2.28. The molecule has 0 aliphatic rings. The number of aliphatic carboxylic acids is 1. The summed E-state index contributed by atoms with van der Waals surface area (Å²) in [5.41, 5.74) is 0.859. The summed E-state index contributed by atoms with van der Waals surface area (Å²) in [4.78, 5) is 12.8. The van der Waals surface area contributed by atoms with E-state index in [4.69, 9.17) is 5.11 Å². The van der Waals surface area contributed by atoms with E-state index >= 15 is 0 Å². The SMILES string of the molecule is CC(C)CN(CC(=O)O)Cc1nnnn1-c1ccccc1. The molecule has 0 amide bonds. The third-order valence-electron chi connectivity index (χ3n) is 2.88. The Morgan fingerprint density at radius 3 is 2.67 bits per heavy atom. The van der Waals surface area contributed by atoms with Gasteiger partial charge in [-0.1, -0.05) is 32.0 Å². The summed E-state index contributed by atoms with van der Waals surface area (Å²) in [6.45, 7) is 5.14. The summed E-state index contributed by atoms with van der Waals surface area (Å²) in [5, 5.41) is 20.7. The van der Waals surface area contributed by atoms with Crippen LogP contribution in [0.2, 0.25) is 0 Å². The number of hydrogen-bond acceptors (Lipinski definition) is 5. The minimum absolute atomic E-state index is 0.0279. The molecular weight excluding hydrogens is 270 g/mol. The highest BCUT2D eigenvalue weighted by molar-refractivity contribution is 5.69. The molecule has 0 saturated carbocycles. The van der Waals surface area contributed by atoms with Crippen molar-refractivity contribution in [3.8, 4) is 5.69 Å². The van der Waals surface area contributed by atoms with E-state index in [0.717, 1.165) is 5.69 Å². The second-order valence-electron chi connectivity index (χ2n) is 5.30. The lowest BCUT2D eigenvalue weighted by atomic mass is 10.2. The topological polar surface area (TPSA) is 84.1 Å². The fourth-order valence-corrected chi connectivity index (χ4v) is 2.17. The van der Waals surface area contributed by atoms with E-state index in [1.165, 1.54) is 0 Å². The first-order valence-corrected chi connectivity index (χ1v) is 6.83. The Morgan fingerprint density at radius 2 is 2.05 bits per heavy atom. The monoisotopic (exact) mass is 289 g/mol. The van der Waals surface area contributed by atoms with Crippen molar-refractivity contribution >= 4 is 5.97 Å². The van der Waals surface area contributed by atoms with E-state index in [2.05, 4.69) is 29.4 Å².